The van der Waals surface area contributed by atoms with Crippen molar-refractivity contribution in [3.05, 3.63) is 34.3 Å². The van der Waals surface area contributed by atoms with Crippen molar-refractivity contribution in [2.24, 2.45) is 11.8 Å². The second kappa shape index (κ2) is 5.81. The van der Waals surface area contributed by atoms with Gasteiger partial charge in [0.05, 0.1) is 0 Å². The predicted molar refractivity (Wildman–Crippen MR) is 74.2 cm³/mol. The molecule has 1 aromatic carbocycles. The highest BCUT2D eigenvalue weighted by Gasteiger charge is 2.25. The Bertz CT molecular complexity index is 374. The molecular weight excluding hydrogens is 276 g/mol. The lowest BCUT2D eigenvalue weighted by Gasteiger charge is -2.26. The Balaban J connectivity index is 1.99. The first-order valence-corrected chi connectivity index (χ1v) is 7.29. The number of hydrogen-bond donors (Lipinski definition) is 0. The minimum absolute atomic E-state index is 0.263. The summed E-state index contributed by atoms with van der Waals surface area (Å²) in [5.41, 5.74) is 0.869. The lowest BCUT2D eigenvalue weighted by Crippen LogP contribution is -2.21. The molecule has 1 aliphatic carbocycles. The van der Waals surface area contributed by atoms with Crippen molar-refractivity contribution in [3.8, 4) is 0 Å². The summed E-state index contributed by atoms with van der Waals surface area (Å²) in [6, 6.07) is 7.76. The SMILES string of the molecule is CCC1CCC(C(=O)c2ccc(Br)cc2)CC1. The normalized spacial score (nSPS) is 24.6. The molecule has 0 spiro atoms. The number of halogens is 1. The molecule has 1 fully saturated rings. The van der Waals surface area contributed by atoms with E-state index in [2.05, 4.69) is 22.9 Å². The summed E-state index contributed by atoms with van der Waals surface area (Å²) < 4.78 is 1.03. The van der Waals surface area contributed by atoms with Crippen molar-refractivity contribution in [3.63, 3.8) is 0 Å². The van der Waals surface area contributed by atoms with Crippen LogP contribution in [0.4, 0.5) is 0 Å². The highest BCUT2D eigenvalue weighted by atomic mass is 79.9. The molecule has 0 amide bonds. The lowest BCUT2D eigenvalue weighted by molar-refractivity contribution is 0.0871. The summed E-state index contributed by atoms with van der Waals surface area (Å²) >= 11 is 3.40. The average Bonchev–Trinajstić information content (AvgIpc) is 2.39. The Morgan fingerprint density at radius 2 is 1.76 bits per heavy atom. The highest BCUT2D eigenvalue weighted by molar-refractivity contribution is 9.10. The minimum Gasteiger partial charge on any atom is -0.294 e. The van der Waals surface area contributed by atoms with Crippen molar-refractivity contribution in [2.45, 2.75) is 39.0 Å². The van der Waals surface area contributed by atoms with Crippen molar-refractivity contribution < 1.29 is 4.79 Å². The molecule has 1 aliphatic rings. The number of rotatable bonds is 3. The van der Waals surface area contributed by atoms with Gasteiger partial charge >= 0.3 is 0 Å². The highest BCUT2D eigenvalue weighted by Crippen LogP contribution is 2.32. The molecule has 0 heterocycles. The topological polar surface area (TPSA) is 17.1 Å². The standard InChI is InChI=1S/C15H19BrO/c1-2-11-3-5-12(6-4-11)15(17)13-7-9-14(16)10-8-13/h7-12H,2-6H2,1H3. The zero-order chi connectivity index (χ0) is 12.3. The average molecular weight is 295 g/mol. The number of hydrogen-bond acceptors (Lipinski definition) is 1. The van der Waals surface area contributed by atoms with E-state index in [4.69, 9.17) is 0 Å². The van der Waals surface area contributed by atoms with Crippen molar-refractivity contribution in [1.82, 2.24) is 0 Å². The van der Waals surface area contributed by atoms with Crippen LogP contribution in [0.15, 0.2) is 28.7 Å². The van der Waals surface area contributed by atoms with Gasteiger partial charge in [0.2, 0.25) is 0 Å². The molecule has 17 heavy (non-hydrogen) atoms. The number of carbonyl (C=O) groups excluding carboxylic acids is 1. The molecule has 1 saturated carbocycles. The smallest absolute Gasteiger partial charge is 0.165 e. The first-order chi connectivity index (χ1) is 8.20. The van der Waals surface area contributed by atoms with E-state index in [0.29, 0.717) is 5.78 Å². The van der Waals surface area contributed by atoms with E-state index in [9.17, 15) is 4.79 Å². The zero-order valence-electron chi connectivity index (χ0n) is 10.3. The molecule has 0 aromatic heterocycles. The van der Waals surface area contributed by atoms with Gasteiger partial charge in [0.15, 0.2) is 5.78 Å². The van der Waals surface area contributed by atoms with Gasteiger partial charge in [-0.3, -0.25) is 4.79 Å². The van der Waals surface area contributed by atoms with Gasteiger partial charge in [0, 0.05) is 16.0 Å². The van der Waals surface area contributed by atoms with Crippen LogP contribution in [0.2, 0.25) is 0 Å². The van der Waals surface area contributed by atoms with Gasteiger partial charge in [-0.05, 0) is 43.7 Å². The largest absolute Gasteiger partial charge is 0.294 e. The zero-order valence-corrected chi connectivity index (χ0v) is 11.9. The molecule has 0 bridgehead atoms. The maximum absolute atomic E-state index is 12.3. The summed E-state index contributed by atoms with van der Waals surface area (Å²) in [7, 11) is 0. The van der Waals surface area contributed by atoms with Gasteiger partial charge in [-0.25, -0.2) is 0 Å². The van der Waals surface area contributed by atoms with Crippen LogP contribution in [0.25, 0.3) is 0 Å². The predicted octanol–water partition coefficient (Wildman–Crippen LogP) is 4.85. The Labute approximate surface area is 112 Å². The third kappa shape index (κ3) is 3.19. The molecule has 1 nitrogen and oxygen atoms in total. The number of ketones is 1. The van der Waals surface area contributed by atoms with Crippen LogP contribution < -0.4 is 0 Å². The molecule has 92 valence electrons. The molecule has 0 unspecified atom stereocenters. The third-order valence-corrected chi connectivity index (χ3v) is 4.45. The Kier molecular flexibility index (Phi) is 4.38. The van der Waals surface area contributed by atoms with E-state index in [1.807, 2.05) is 24.3 Å². The second-order valence-corrected chi connectivity index (χ2v) is 5.91. The van der Waals surface area contributed by atoms with Crippen molar-refractivity contribution >= 4 is 21.7 Å². The van der Waals surface area contributed by atoms with Gasteiger partial charge in [-0.15, -0.1) is 0 Å². The summed E-state index contributed by atoms with van der Waals surface area (Å²) in [6.07, 6.45) is 5.87. The summed E-state index contributed by atoms with van der Waals surface area (Å²) in [6.45, 7) is 2.25. The molecule has 0 atom stereocenters. The van der Waals surface area contributed by atoms with E-state index in [1.165, 1.54) is 19.3 Å². The van der Waals surface area contributed by atoms with Crippen molar-refractivity contribution in [2.75, 3.05) is 0 Å². The van der Waals surface area contributed by atoms with Gasteiger partial charge in [-0.2, -0.15) is 0 Å². The maximum Gasteiger partial charge on any atom is 0.165 e. The third-order valence-electron chi connectivity index (χ3n) is 3.92. The number of carbonyl (C=O) groups is 1. The molecule has 0 radical (unpaired) electrons. The minimum atomic E-state index is 0.263. The second-order valence-electron chi connectivity index (χ2n) is 5.00. The monoisotopic (exact) mass is 294 g/mol. The Hall–Kier alpha value is -0.630. The first-order valence-electron chi connectivity index (χ1n) is 6.50. The number of benzene rings is 1. The van der Waals surface area contributed by atoms with Crippen LogP contribution in [0.3, 0.4) is 0 Å². The van der Waals surface area contributed by atoms with Crippen LogP contribution in [-0.4, -0.2) is 5.78 Å². The fourth-order valence-corrected chi connectivity index (χ4v) is 2.95. The van der Waals surface area contributed by atoms with E-state index >= 15 is 0 Å². The van der Waals surface area contributed by atoms with Crippen LogP contribution in [-0.2, 0) is 0 Å². The fraction of sp³-hybridized carbons (Fsp3) is 0.533. The van der Waals surface area contributed by atoms with Crippen LogP contribution in [0, 0.1) is 11.8 Å². The molecule has 0 N–H and O–H groups in total. The van der Waals surface area contributed by atoms with Crippen molar-refractivity contribution in [1.29, 1.82) is 0 Å². The Morgan fingerprint density at radius 3 is 2.29 bits per heavy atom. The number of Topliss-reactive ketones (excluding diaryl/α,β-unsaturated/α-hetero) is 1. The van der Waals surface area contributed by atoms with Gasteiger partial charge < -0.3 is 0 Å². The molecule has 0 aliphatic heterocycles. The van der Waals surface area contributed by atoms with Crippen LogP contribution in [0.5, 0.6) is 0 Å². The summed E-state index contributed by atoms with van der Waals surface area (Å²) in [5.74, 6) is 1.45. The molecule has 0 saturated heterocycles. The fourth-order valence-electron chi connectivity index (χ4n) is 2.68. The van der Waals surface area contributed by atoms with E-state index in [-0.39, 0.29) is 5.92 Å². The molecule has 2 heteroatoms. The first kappa shape index (κ1) is 12.8. The van der Waals surface area contributed by atoms with E-state index in [0.717, 1.165) is 28.8 Å². The van der Waals surface area contributed by atoms with E-state index in [1.54, 1.807) is 0 Å². The van der Waals surface area contributed by atoms with Crippen LogP contribution in [0.1, 0.15) is 49.4 Å². The van der Waals surface area contributed by atoms with Crippen LogP contribution >= 0.6 is 15.9 Å². The van der Waals surface area contributed by atoms with E-state index < -0.39 is 0 Å². The van der Waals surface area contributed by atoms with Gasteiger partial charge in [-0.1, -0.05) is 41.4 Å². The molecular formula is C15H19BrO. The summed E-state index contributed by atoms with van der Waals surface area (Å²) in [4.78, 5) is 12.3. The maximum atomic E-state index is 12.3. The quantitative estimate of drug-likeness (QED) is 0.729. The van der Waals surface area contributed by atoms with Gasteiger partial charge in [0.1, 0.15) is 0 Å². The molecule has 1 aromatic rings. The van der Waals surface area contributed by atoms with Gasteiger partial charge in [0.25, 0.3) is 0 Å². The lowest BCUT2D eigenvalue weighted by atomic mass is 9.78. The molecule has 2 rings (SSSR count). The summed E-state index contributed by atoms with van der Waals surface area (Å²) in [5, 5.41) is 0. The Morgan fingerprint density at radius 1 is 1.18 bits per heavy atom.